The van der Waals surface area contributed by atoms with Gasteiger partial charge in [0.25, 0.3) is 11.8 Å². The standard InChI is InChI=1S/C29H32N4O6/c1-38-24-8-6-7-21-22(16-31-26(21)24)27(35)30-13-4-2-3-5-14-39-19-9-10-20-18(15-19)17-33(29(20)37)23-11-12-25(34)32-28(23)36/h6-10,15-16,23,31H,2-5,11-14,17H2,1H3,(H,30,35)(H,32,34,36). The fourth-order valence-corrected chi connectivity index (χ4v) is 5.19. The normalized spacial score (nSPS) is 16.8. The first-order chi connectivity index (χ1) is 19.0. The number of fused-ring (bicyclic) bond motifs is 2. The molecule has 1 aromatic heterocycles. The molecule has 2 aliphatic heterocycles. The molecule has 5 rings (SSSR count). The molecule has 3 aromatic rings. The van der Waals surface area contributed by atoms with E-state index in [0.717, 1.165) is 42.1 Å². The van der Waals surface area contributed by atoms with Crippen LogP contribution in [-0.4, -0.2) is 59.8 Å². The second-order valence-corrected chi connectivity index (χ2v) is 9.82. The van der Waals surface area contributed by atoms with Crippen molar-refractivity contribution in [2.24, 2.45) is 0 Å². The van der Waals surface area contributed by atoms with Crippen molar-refractivity contribution >= 4 is 34.5 Å². The Morgan fingerprint density at radius 2 is 1.95 bits per heavy atom. The molecule has 1 saturated heterocycles. The summed E-state index contributed by atoms with van der Waals surface area (Å²) >= 11 is 0. The van der Waals surface area contributed by atoms with Crippen LogP contribution in [-0.2, 0) is 16.1 Å². The van der Waals surface area contributed by atoms with Crippen LogP contribution in [0.15, 0.2) is 42.6 Å². The predicted molar refractivity (Wildman–Crippen MR) is 144 cm³/mol. The molecule has 10 heteroatoms. The van der Waals surface area contributed by atoms with E-state index in [1.807, 2.05) is 24.3 Å². The highest BCUT2D eigenvalue weighted by molar-refractivity contribution is 6.08. The number of carbonyl (C=O) groups excluding carboxylic acids is 4. The second-order valence-electron chi connectivity index (χ2n) is 9.82. The van der Waals surface area contributed by atoms with Gasteiger partial charge in [0.2, 0.25) is 11.8 Å². The van der Waals surface area contributed by atoms with Gasteiger partial charge in [0.05, 0.1) is 24.8 Å². The second kappa shape index (κ2) is 11.6. The van der Waals surface area contributed by atoms with Crippen LogP contribution in [0, 0.1) is 0 Å². The summed E-state index contributed by atoms with van der Waals surface area (Å²) in [7, 11) is 1.60. The first-order valence-electron chi connectivity index (χ1n) is 13.3. The van der Waals surface area contributed by atoms with Gasteiger partial charge in [-0.05, 0) is 49.1 Å². The van der Waals surface area contributed by atoms with E-state index in [-0.39, 0.29) is 24.1 Å². The number of unbranched alkanes of at least 4 members (excludes halogenated alkanes) is 3. The largest absolute Gasteiger partial charge is 0.495 e. The Balaban J connectivity index is 1.01. The maximum absolute atomic E-state index is 12.8. The Hall–Kier alpha value is -4.34. The molecule has 2 aromatic carbocycles. The number of aromatic amines is 1. The Morgan fingerprint density at radius 3 is 2.77 bits per heavy atom. The van der Waals surface area contributed by atoms with Crippen molar-refractivity contribution in [3.05, 3.63) is 59.3 Å². The third-order valence-corrected chi connectivity index (χ3v) is 7.26. The highest BCUT2D eigenvalue weighted by Crippen LogP contribution is 2.30. The van der Waals surface area contributed by atoms with Crippen molar-refractivity contribution in [1.82, 2.24) is 20.5 Å². The number of nitrogens with zero attached hydrogens (tertiary/aromatic N) is 1. The average molecular weight is 533 g/mol. The topological polar surface area (TPSA) is 130 Å². The minimum atomic E-state index is -0.623. The molecule has 0 bridgehead atoms. The fraction of sp³-hybridized carbons (Fsp3) is 0.379. The Morgan fingerprint density at radius 1 is 1.10 bits per heavy atom. The summed E-state index contributed by atoms with van der Waals surface area (Å²) in [6, 6.07) is 10.4. The lowest BCUT2D eigenvalue weighted by molar-refractivity contribution is -0.136. The van der Waals surface area contributed by atoms with Crippen LogP contribution in [0.3, 0.4) is 0 Å². The summed E-state index contributed by atoms with van der Waals surface area (Å²) in [4.78, 5) is 53.7. The van der Waals surface area contributed by atoms with E-state index in [1.54, 1.807) is 25.4 Å². The van der Waals surface area contributed by atoms with E-state index in [9.17, 15) is 19.2 Å². The third kappa shape index (κ3) is 5.59. The molecule has 0 radical (unpaired) electrons. The van der Waals surface area contributed by atoms with Gasteiger partial charge in [-0.15, -0.1) is 0 Å². The van der Waals surface area contributed by atoms with Gasteiger partial charge in [0.15, 0.2) is 0 Å². The van der Waals surface area contributed by atoms with Gasteiger partial charge in [-0.25, -0.2) is 0 Å². The van der Waals surface area contributed by atoms with Gasteiger partial charge in [-0.1, -0.05) is 25.0 Å². The molecule has 39 heavy (non-hydrogen) atoms. The summed E-state index contributed by atoms with van der Waals surface area (Å²) in [5, 5.41) is 6.14. The number of rotatable bonds is 11. The molecule has 0 spiro atoms. The quantitative estimate of drug-likeness (QED) is 0.257. The molecular weight excluding hydrogens is 500 g/mol. The lowest BCUT2D eigenvalue weighted by atomic mass is 10.0. The number of H-pyrrole nitrogens is 1. The molecule has 1 unspecified atom stereocenters. The van der Waals surface area contributed by atoms with E-state index in [2.05, 4.69) is 15.6 Å². The van der Waals surface area contributed by atoms with Crippen molar-refractivity contribution in [2.45, 2.75) is 51.1 Å². The van der Waals surface area contributed by atoms with Crippen LogP contribution in [0.1, 0.15) is 64.8 Å². The summed E-state index contributed by atoms with van der Waals surface area (Å²) in [6.45, 7) is 1.47. The number of benzene rings is 2. The van der Waals surface area contributed by atoms with E-state index >= 15 is 0 Å². The van der Waals surface area contributed by atoms with E-state index in [4.69, 9.17) is 9.47 Å². The van der Waals surface area contributed by atoms with Crippen LogP contribution < -0.4 is 20.1 Å². The van der Waals surface area contributed by atoms with Gasteiger partial charge in [-0.2, -0.15) is 0 Å². The minimum absolute atomic E-state index is 0.107. The minimum Gasteiger partial charge on any atom is -0.495 e. The first kappa shape index (κ1) is 26.3. The molecule has 1 fully saturated rings. The number of para-hydroxylation sites is 1. The molecule has 10 nitrogen and oxygen atoms in total. The smallest absolute Gasteiger partial charge is 0.255 e. The summed E-state index contributed by atoms with van der Waals surface area (Å²) in [5.74, 6) is 0.382. The SMILES string of the molecule is COc1cccc2c(C(=O)NCCCCCCOc3ccc4c(c3)CN(C3CCC(=O)NC3=O)C4=O)c[nH]c12. The lowest BCUT2D eigenvalue weighted by Crippen LogP contribution is -2.52. The number of piperidine rings is 1. The molecular formula is C29H32N4O6. The van der Waals surface area contributed by atoms with E-state index in [0.29, 0.717) is 48.7 Å². The fourth-order valence-electron chi connectivity index (χ4n) is 5.19. The van der Waals surface area contributed by atoms with E-state index in [1.165, 1.54) is 4.90 Å². The zero-order valence-corrected chi connectivity index (χ0v) is 21.9. The van der Waals surface area contributed by atoms with E-state index < -0.39 is 11.9 Å². The summed E-state index contributed by atoms with van der Waals surface area (Å²) in [5.41, 5.74) is 2.81. The number of hydrogen-bond donors (Lipinski definition) is 3. The molecule has 0 aliphatic carbocycles. The van der Waals surface area contributed by atoms with Gasteiger partial charge in [-0.3, -0.25) is 24.5 Å². The number of amides is 4. The first-order valence-corrected chi connectivity index (χ1v) is 13.3. The number of hydrogen-bond acceptors (Lipinski definition) is 6. The number of aromatic nitrogens is 1. The Bertz CT molecular complexity index is 1410. The average Bonchev–Trinajstić information content (AvgIpc) is 3.51. The number of carbonyl (C=O) groups is 4. The highest BCUT2D eigenvalue weighted by atomic mass is 16.5. The number of nitrogens with one attached hydrogen (secondary N) is 3. The molecule has 2 aliphatic rings. The lowest BCUT2D eigenvalue weighted by Gasteiger charge is -2.29. The molecule has 3 heterocycles. The number of imide groups is 1. The van der Waals surface area contributed by atoms with Gasteiger partial charge < -0.3 is 24.7 Å². The van der Waals surface area contributed by atoms with Crippen molar-refractivity contribution in [3.63, 3.8) is 0 Å². The molecule has 0 saturated carbocycles. The van der Waals surface area contributed by atoms with Crippen molar-refractivity contribution in [3.8, 4) is 11.5 Å². The third-order valence-electron chi connectivity index (χ3n) is 7.26. The maximum Gasteiger partial charge on any atom is 0.255 e. The number of methoxy groups -OCH3 is 1. The Kier molecular flexibility index (Phi) is 7.81. The predicted octanol–water partition coefficient (Wildman–Crippen LogP) is 3.31. The van der Waals surface area contributed by atoms with Gasteiger partial charge >= 0.3 is 0 Å². The van der Waals surface area contributed by atoms with Gasteiger partial charge in [0, 0.05) is 36.7 Å². The monoisotopic (exact) mass is 532 g/mol. The number of ether oxygens (including phenoxy) is 2. The molecule has 1 atom stereocenters. The molecule has 3 N–H and O–H groups in total. The maximum atomic E-state index is 12.8. The summed E-state index contributed by atoms with van der Waals surface area (Å²) in [6.07, 6.45) is 5.95. The van der Waals surface area contributed by atoms with Crippen molar-refractivity contribution < 1.29 is 28.7 Å². The van der Waals surface area contributed by atoms with Gasteiger partial charge in [0.1, 0.15) is 17.5 Å². The van der Waals surface area contributed by atoms with Crippen LogP contribution in [0.25, 0.3) is 10.9 Å². The Labute approximate surface area is 226 Å². The van der Waals surface area contributed by atoms with Crippen LogP contribution in [0.2, 0.25) is 0 Å². The molecule has 4 amide bonds. The van der Waals surface area contributed by atoms with Crippen LogP contribution >= 0.6 is 0 Å². The summed E-state index contributed by atoms with van der Waals surface area (Å²) < 4.78 is 11.2. The van der Waals surface area contributed by atoms with Crippen molar-refractivity contribution in [1.29, 1.82) is 0 Å². The van der Waals surface area contributed by atoms with Crippen LogP contribution in [0.5, 0.6) is 11.5 Å². The molecule has 204 valence electrons. The van der Waals surface area contributed by atoms with Crippen LogP contribution in [0.4, 0.5) is 0 Å². The zero-order chi connectivity index (χ0) is 27.4. The highest BCUT2D eigenvalue weighted by Gasteiger charge is 2.39. The van der Waals surface area contributed by atoms with Crippen molar-refractivity contribution in [2.75, 3.05) is 20.3 Å². The zero-order valence-electron chi connectivity index (χ0n) is 21.9.